The van der Waals surface area contributed by atoms with Gasteiger partial charge in [0.2, 0.25) is 0 Å². The number of furan rings is 1. The lowest BCUT2D eigenvalue weighted by Crippen LogP contribution is -2.18. The van der Waals surface area contributed by atoms with Crippen LogP contribution in [0.25, 0.3) is 11.1 Å². The summed E-state index contributed by atoms with van der Waals surface area (Å²) < 4.78 is 8.69. The van der Waals surface area contributed by atoms with Crippen LogP contribution in [0, 0.1) is 6.92 Å². The van der Waals surface area contributed by atoms with E-state index in [0.717, 1.165) is 45.0 Å². The van der Waals surface area contributed by atoms with Crippen molar-refractivity contribution in [2.45, 2.75) is 26.3 Å². The summed E-state index contributed by atoms with van der Waals surface area (Å²) in [5.74, 6) is 1.83. The van der Waals surface area contributed by atoms with E-state index in [1.54, 1.807) is 6.26 Å². The van der Waals surface area contributed by atoms with Crippen molar-refractivity contribution < 1.29 is 4.42 Å². The zero-order valence-corrected chi connectivity index (χ0v) is 14.5. The summed E-state index contributed by atoms with van der Waals surface area (Å²) in [7, 11) is 0. The summed E-state index contributed by atoms with van der Waals surface area (Å²) in [4.78, 5) is 4.79. The Bertz CT molecular complexity index is 876. The highest BCUT2D eigenvalue weighted by Crippen LogP contribution is 2.41. The molecule has 0 unspecified atom stereocenters. The second-order valence-corrected chi connectivity index (χ2v) is 6.73. The van der Waals surface area contributed by atoms with Crippen molar-refractivity contribution in [3.8, 4) is 11.1 Å². The molecule has 0 saturated carbocycles. The maximum atomic E-state index is 5.63. The Kier molecular flexibility index (Phi) is 3.45. The molecule has 1 aliphatic rings. The number of aromatic nitrogens is 2. The molecule has 0 spiro atoms. The van der Waals surface area contributed by atoms with E-state index in [1.807, 2.05) is 35.9 Å². The van der Waals surface area contributed by atoms with E-state index in [9.17, 15) is 0 Å². The molecule has 0 bridgehead atoms. The molecule has 1 aliphatic heterocycles. The molecule has 0 fully saturated rings. The summed E-state index contributed by atoms with van der Waals surface area (Å²) in [6.45, 7) is 4.10. The van der Waals surface area contributed by atoms with Crippen LogP contribution in [0.2, 0.25) is 0 Å². The Balaban J connectivity index is 1.90. The maximum absolute atomic E-state index is 5.63. The minimum Gasteiger partial charge on any atom is -0.467 e. The Morgan fingerprint density at radius 2 is 1.96 bits per heavy atom. The van der Waals surface area contributed by atoms with Crippen LogP contribution in [0.4, 0.5) is 5.82 Å². The van der Waals surface area contributed by atoms with Crippen molar-refractivity contribution in [2.75, 3.05) is 0 Å². The zero-order chi connectivity index (χ0) is 16.0. The highest BCUT2D eigenvalue weighted by molar-refractivity contribution is 9.10. The average Bonchev–Trinajstić information content (AvgIpc) is 3.15. The van der Waals surface area contributed by atoms with Crippen LogP contribution in [-0.4, -0.2) is 15.5 Å². The van der Waals surface area contributed by atoms with Gasteiger partial charge >= 0.3 is 0 Å². The fourth-order valence-corrected chi connectivity index (χ4v) is 3.37. The molecule has 23 heavy (non-hydrogen) atoms. The van der Waals surface area contributed by atoms with Crippen LogP contribution in [0.1, 0.15) is 30.8 Å². The van der Waals surface area contributed by atoms with Crippen LogP contribution in [-0.2, 0) is 0 Å². The summed E-state index contributed by atoms with van der Waals surface area (Å²) in [5, 5.41) is 4.76. The molecule has 0 aliphatic carbocycles. The Morgan fingerprint density at radius 3 is 2.65 bits per heavy atom. The topological polar surface area (TPSA) is 43.3 Å². The Morgan fingerprint density at radius 1 is 1.17 bits per heavy atom. The monoisotopic (exact) mass is 369 g/mol. The molecule has 4 rings (SSSR count). The summed E-state index contributed by atoms with van der Waals surface area (Å²) >= 11 is 3.49. The van der Waals surface area contributed by atoms with E-state index in [-0.39, 0.29) is 6.04 Å². The lowest BCUT2D eigenvalue weighted by Gasteiger charge is -2.21. The standard InChI is InChI=1S/C18H16BrN3O/c1-11-10-15(16-4-3-9-23-16)22-18(20-11)17(12(2)21-22)13-5-7-14(19)8-6-13/h3-9,15H,10H2,1-2H3/t15-/m0/s1. The van der Waals surface area contributed by atoms with Gasteiger partial charge in [-0.3, -0.25) is 0 Å². The van der Waals surface area contributed by atoms with Gasteiger partial charge in [0.05, 0.1) is 12.0 Å². The number of halogens is 1. The Labute approximate surface area is 143 Å². The number of hydrogen-bond acceptors (Lipinski definition) is 3. The van der Waals surface area contributed by atoms with E-state index < -0.39 is 0 Å². The fourth-order valence-electron chi connectivity index (χ4n) is 3.11. The van der Waals surface area contributed by atoms with E-state index in [2.05, 4.69) is 35.0 Å². The molecule has 0 amide bonds. The van der Waals surface area contributed by atoms with Gasteiger partial charge in [0.25, 0.3) is 0 Å². The van der Waals surface area contributed by atoms with Gasteiger partial charge in [0, 0.05) is 22.2 Å². The van der Waals surface area contributed by atoms with E-state index >= 15 is 0 Å². The van der Waals surface area contributed by atoms with Gasteiger partial charge in [-0.1, -0.05) is 28.1 Å². The first kappa shape index (κ1) is 14.5. The lowest BCUT2D eigenvalue weighted by atomic mass is 10.0. The molecule has 0 saturated heterocycles. The molecule has 0 N–H and O–H groups in total. The van der Waals surface area contributed by atoms with Gasteiger partial charge in [-0.05, 0) is 43.7 Å². The van der Waals surface area contributed by atoms with Gasteiger partial charge in [0.1, 0.15) is 11.8 Å². The summed E-state index contributed by atoms with van der Waals surface area (Å²) in [6, 6.07) is 12.3. The van der Waals surface area contributed by atoms with Gasteiger partial charge in [-0.25, -0.2) is 9.67 Å². The summed E-state index contributed by atoms with van der Waals surface area (Å²) in [6.07, 6.45) is 2.53. The first-order valence-electron chi connectivity index (χ1n) is 7.56. The number of aryl methyl sites for hydroxylation is 1. The molecular formula is C18H16BrN3O. The molecule has 1 atom stereocenters. The van der Waals surface area contributed by atoms with Crippen molar-refractivity contribution in [2.24, 2.45) is 4.99 Å². The highest BCUT2D eigenvalue weighted by Gasteiger charge is 2.29. The SMILES string of the molecule is CC1=Nc2c(-c3ccc(Br)cc3)c(C)nn2[C@H](c2ccco2)C1. The predicted molar refractivity (Wildman–Crippen MR) is 94.3 cm³/mol. The largest absolute Gasteiger partial charge is 0.467 e. The molecule has 2 aromatic heterocycles. The molecule has 0 radical (unpaired) electrons. The average molecular weight is 370 g/mol. The van der Waals surface area contributed by atoms with E-state index in [4.69, 9.17) is 14.5 Å². The van der Waals surface area contributed by atoms with Crippen LogP contribution in [0.3, 0.4) is 0 Å². The zero-order valence-electron chi connectivity index (χ0n) is 13.0. The number of aliphatic imine (C=N–C) groups is 1. The second kappa shape index (κ2) is 5.49. The number of hydrogen-bond donors (Lipinski definition) is 0. The van der Waals surface area contributed by atoms with Gasteiger partial charge in [-0.15, -0.1) is 0 Å². The molecule has 3 heterocycles. The number of benzene rings is 1. The third-order valence-electron chi connectivity index (χ3n) is 4.15. The van der Waals surface area contributed by atoms with Crippen molar-refractivity contribution in [1.82, 2.24) is 9.78 Å². The van der Waals surface area contributed by atoms with Crippen LogP contribution in [0.15, 0.2) is 56.5 Å². The van der Waals surface area contributed by atoms with Gasteiger partial charge < -0.3 is 4.42 Å². The van der Waals surface area contributed by atoms with Crippen molar-refractivity contribution >= 4 is 27.5 Å². The fraction of sp³-hybridized carbons (Fsp3) is 0.222. The third-order valence-corrected chi connectivity index (χ3v) is 4.67. The smallest absolute Gasteiger partial charge is 0.159 e. The molecule has 5 heteroatoms. The van der Waals surface area contributed by atoms with Crippen LogP contribution in [0.5, 0.6) is 0 Å². The van der Waals surface area contributed by atoms with Crippen LogP contribution >= 0.6 is 15.9 Å². The normalized spacial score (nSPS) is 17.0. The van der Waals surface area contributed by atoms with Crippen molar-refractivity contribution in [3.63, 3.8) is 0 Å². The molecule has 4 nitrogen and oxygen atoms in total. The minimum atomic E-state index is 0.0698. The third kappa shape index (κ3) is 2.45. The van der Waals surface area contributed by atoms with Crippen molar-refractivity contribution in [1.29, 1.82) is 0 Å². The number of rotatable bonds is 2. The first-order chi connectivity index (χ1) is 11.1. The van der Waals surface area contributed by atoms with E-state index in [0.29, 0.717) is 0 Å². The maximum Gasteiger partial charge on any atom is 0.159 e. The second-order valence-electron chi connectivity index (χ2n) is 5.82. The van der Waals surface area contributed by atoms with Crippen molar-refractivity contribution in [3.05, 3.63) is 58.6 Å². The predicted octanol–water partition coefficient (Wildman–Crippen LogP) is 5.30. The van der Waals surface area contributed by atoms with Crippen LogP contribution < -0.4 is 0 Å². The van der Waals surface area contributed by atoms with E-state index in [1.165, 1.54) is 0 Å². The summed E-state index contributed by atoms with van der Waals surface area (Å²) in [5.41, 5.74) is 4.30. The molecular weight excluding hydrogens is 354 g/mol. The highest BCUT2D eigenvalue weighted by atomic mass is 79.9. The quantitative estimate of drug-likeness (QED) is 0.614. The first-order valence-corrected chi connectivity index (χ1v) is 8.35. The minimum absolute atomic E-state index is 0.0698. The molecule has 116 valence electrons. The molecule has 3 aromatic rings. The number of fused-ring (bicyclic) bond motifs is 1. The molecule has 1 aromatic carbocycles. The lowest BCUT2D eigenvalue weighted by molar-refractivity contribution is 0.409. The van der Waals surface area contributed by atoms with Gasteiger partial charge in [-0.2, -0.15) is 5.10 Å². The number of nitrogens with zero attached hydrogens (tertiary/aromatic N) is 3. The van der Waals surface area contributed by atoms with Gasteiger partial charge in [0.15, 0.2) is 5.82 Å². The Hall–Kier alpha value is -2.14.